The summed E-state index contributed by atoms with van der Waals surface area (Å²) in [6.45, 7) is 7.25. The van der Waals surface area contributed by atoms with Crippen LogP contribution in [0.15, 0.2) is 61.4 Å². The Morgan fingerprint density at radius 2 is 1.15 bits per heavy atom. The van der Waals surface area contributed by atoms with Gasteiger partial charge in [0, 0.05) is 39.8 Å². The second-order valence-electron chi connectivity index (χ2n) is 8.59. The van der Waals surface area contributed by atoms with Crippen molar-refractivity contribution in [3.05, 3.63) is 97.6 Å². The van der Waals surface area contributed by atoms with Gasteiger partial charge in [-0.05, 0) is 11.1 Å². The van der Waals surface area contributed by atoms with Gasteiger partial charge in [0.15, 0.2) is 11.5 Å². The summed E-state index contributed by atoms with van der Waals surface area (Å²) in [6, 6.07) is 8.45. The van der Waals surface area contributed by atoms with E-state index in [9.17, 15) is 28.8 Å². The number of ether oxygens (including phenoxy) is 4. The number of benzene rings is 1. The van der Waals surface area contributed by atoms with Gasteiger partial charge in [-0.25, -0.2) is 0 Å². The molecule has 0 spiro atoms. The second-order valence-corrected chi connectivity index (χ2v) is 8.59. The molecule has 2 aromatic heterocycles. The quantitative estimate of drug-likeness (QED) is 0.329. The van der Waals surface area contributed by atoms with Gasteiger partial charge in [-0.2, -0.15) is 0 Å². The highest BCUT2D eigenvalue weighted by atomic mass is 16.6. The summed E-state index contributed by atoms with van der Waals surface area (Å²) < 4.78 is 32.3. The molecule has 41 heavy (non-hydrogen) atoms. The van der Waals surface area contributed by atoms with Gasteiger partial charge in [-0.15, -0.1) is 0 Å². The molecule has 0 aliphatic rings. The average Bonchev–Trinajstić information content (AvgIpc) is 2.90. The number of hydrogen-bond acceptors (Lipinski definition) is 12. The first-order chi connectivity index (χ1) is 19.4. The van der Waals surface area contributed by atoms with Crippen LogP contribution in [-0.2, 0) is 41.9 Å². The van der Waals surface area contributed by atoms with Crippen molar-refractivity contribution in [3.8, 4) is 11.5 Å². The third kappa shape index (κ3) is 7.88. The molecule has 214 valence electrons. The SMILES string of the molecule is C=Cc1ccc(C(c2oc(COC(C)=O)cc(=O)c2OC(C)=O)c2oc(COC(C)=O)cc(=O)c2OC(C)=O)cc1. The highest BCUT2D eigenvalue weighted by Gasteiger charge is 2.34. The molecule has 0 aliphatic heterocycles. The van der Waals surface area contributed by atoms with Crippen LogP contribution in [0.2, 0.25) is 0 Å². The Kier molecular flexibility index (Phi) is 9.75. The number of carbonyl (C=O) groups is 4. The molecule has 0 radical (unpaired) electrons. The molecule has 3 aromatic rings. The van der Waals surface area contributed by atoms with Gasteiger partial charge < -0.3 is 27.8 Å². The van der Waals surface area contributed by atoms with E-state index in [2.05, 4.69) is 6.58 Å². The lowest BCUT2D eigenvalue weighted by Crippen LogP contribution is -2.21. The normalized spacial score (nSPS) is 10.6. The predicted molar refractivity (Wildman–Crippen MR) is 141 cm³/mol. The van der Waals surface area contributed by atoms with Crippen LogP contribution in [0.5, 0.6) is 11.5 Å². The predicted octanol–water partition coefficient (Wildman–Crippen LogP) is 3.39. The van der Waals surface area contributed by atoms with Crippen molar-refractivity contribution < 1.29 is 47.0 Å². The minimum Gasteiger partial charge on any atom is -0.458 e. The zero-order chi connectivity index (χ0) is 30.3. The van der Waals surface area contributed by atoms with Crippen LogP contribution in [0, 0.1) is 0 Å². The fourth-order valence-corrected chi connectivity index (χ4v) is 3.70. The Balaban J connectivity index is 2.44. The number of esters is 4. The van der Waals surface area contributed by atoms with Gasteiger partial charge in [-0.3, -0.25) is 28.8 Å². The van der Waals surface area contributed by atoms with E-state index in [1.807, 2.05) is 0 Å². The molecule has 1 aromatic carbocycles. The molecule has 0 amide bonds. The Hall–Kier alpha value is -5.26. The topological polar surface area (TPSA) is 166 Å². The minimum atomic E-state index is -1.35. The van der Waals surface area contributed by atoms with Crippen molar-refractivity contribution in [1.82, 2.24) is 0 Å². The zero-order valence-corrected chi connectivity index (χ0v) is 22.6. The van der Waals surface area contributed by atoms with Crippen molar-refractivity contribution in [2.75, 3.05) is 0 Å². The van der Waals surface area contributed by atoms with Crippen LogP contribution in [0.1, 0.15) is 67.8 Å². The highest BCUT2D eigenvalue weighted by molar-refractivity contribution is 5.71. The summed E-state index contributed by atoms with van der Waals surface area (Å²) >= 11 is 0. The molecular weight excluding hydrogens is 540 g/mol. The maximum Gasteiger partial charge on any atom is 0.308 e. The van der Waals surface area contributed by atoms with Crippen LogP contribution in [0.4, 0.5) is 0 Å². The van der Waals surface area contributed by atoms with Gasteiger partial charge >= 0.3 is 23.9 Å². The Morgan fingerprint density at radius 3 is 1.49 bits per heavy atom. The number of hydrogen-bond donors (Lipinski definition) is 0. The molecule has 12 nitrogen and oxygen atoms in total. The maximum absolute atomic E-state index is 13.2. The van der Waals surface area contributed by atoms with Crippen molar-refractivity contribution in [2.45, 2.75) is 46.8 Å². The summed E-state index contributed by atoms with van der Waals surface area (Å²) in [4.78, 5) is 73.1. The van der Waals surface area contributed by atoms with Crippen LogP contribution in [0.3, 0.4) is 0 Å². The van der Waals surface area contributed by atoms with Crippen molar-refractivity contribution in [2.24, 2.45) is 0 Å². The van der Waals surface area contributed by atoms with Gasteiger partial charge in [0.1, 0.15) is 30.7 Å². The van der Waals surface area contributed by atoms with Crippen LogP contribution in [-0.4, -0.2) is 23.9 Å². The van der Waals surface area contributed by atoms with Gasteiger partial charge in [0.2, 0.25) is 22.4 Å². The van der Waals surface area contributed by atoms with Gasteiger partial charge in [0.05, 0.1) is 0 Å². The summed E-state index contributed by atoms with van der Waals surface area (Å²) in [6.07, 6.45) is 1.58. The third-order valence-corrected chi connectivity index (χ3v) is 5.32. The maximum atomic E-state index is 13.2. The molecule has 0 saturated carbocycles. The van der Waals surface area contributed by atoms with E-state index >= 15 is 0 Å². The van der Waals surface area contributed by atoms with Crippen LogP contribution in [0.25, 0.3) is 6.08 Å². The lowest BCUT2D eigenvalue weighted by molar-refractivity contribution is -0.143. The monoisotopic (exact) mass is 566 g/mol. The molecule has 2 heterocycles. The minimum absolute atomic E-state index is 0.128. The molecule has 0 atom stereocenters. The fraction of sp³-hybridized carbons (Fsp3) is 0.241. The zero-order valence-electron chi connectivity index (χ0n) is 22.6. The molecule has 12 heteroatoms. The van der Waals surface area contributed by atoms with E-state index in [1.54, 1.807) is 30.3 Å². The Bertz CT molecular complexity index is 1510. The summed E-state index contributed by atoms with van der Waals surface area (Å²) in [5.41, 5.74) is -0.589. The van der Waals surface area contributed by atoms with E-state index in [4.69, 9.17) is 27.8 Å². The first kappa shape index (κ1) is 30.3. The lowest BCUT2D eigenvalue weighted by Gasteiger charge is -2.21. The van der Waals surface area contributed by atoms with Crippen LogP contribution < -0.4 is 20.3 Å². The third-order valence-electron chi connectivity index (χ3n) is 5.32. The van der Waals surface area contributed by atoms with E-state index in [0.717, 1.165) is 39.8 Å². The summed E-state index contributed by atoms with van der Waals surface area (Å²) in [7, 11) is 0. The smallest absolute Gasteiger partial charge is 0.308 e. The van der Waals surface area contributed by atoms with Gasteiger partial charge in [0.25, 0.3) is 0 Å². The largest absolute Gasteiger partial charge is 0.458 e. The number of carbonyl (C=O) groups excluding carboxylic acids is 4. The van der Waals surface area contributed by atoms with Crippen molar-refractivity contribution >= 4 is 30.0 Å². The number of rotatable bonds is 10. The Labute approximate surface area is 233 Å². The van der Waals surface area contributed by atoms with Crippen molar-refractivity contribution in [1.29, 1.82) is 0 Å². The second kappa shape index (κ2) is 13.2. The summed E-state index contributed by atoms with van der Waals surface area (Å²) in [5.74, 6) is -6.42. The molecule has 3 rings (SSSR count). The van der Waals surface area contributed by atoms with E-state index in [0.29, 0.717) is 11.1 Å². The molecule has 0 bridgehead atoms. The standard InChI is InChI=1S/C29H26O12/c1-6-19-7-9-20(10-8-19)25(28-26(38-17(4)32)23(34)11-21(40-28)13-36-15(2)30)29-27(39-18(5)33)24(35)12-22(41-29)14-37-16(3)31/h6-12,25H,1,13-14H2,2-5H3. The first-order valence-electron chi connectivity index (χ1n) is 12.1. The molecule has 0 fully saturated rings. The molecule has 0 saturated heterocycles. The average molecular weight is 567 g/mol. The molecule has 0 unspecified atom stereocenters. The highest BCUT2D eigenvalue weighted by Crippen LogP contribution is 2.40. The van der Waals surface area contributed by atoms with E-state index in [1.165, 1.54) is 0 Å². The van der Waals surface area contributed by atoms with Gasteiger partial charge in [-0.1, -0.05) is 36.9 Å². The fourth-order valence-electron chi connectivity index (χ4n) is 3.70. The Morgan fingerprint density at radius 1 is 0.732 bits per heavy atom. The molecule has 0 aliphatic carbocycles. The van der Waals surface area contributed by atoms with E-state index < -0.39 is 65.4 Å². The molecule has 0 N–H and O–H groups in total. The first-order valence-corrected chi connectivity index (χ1v) is 12.1. The lowest BCUT2D eigenvalue weighted by atomic mass is 9.91. The van der Waals surface area contributed by atoms with E-state index in [-0.39, 0.29) is 23.0 Å². The molecular formula is C29H26O12. The summed E-state index contributed by atoms with van der Waals surface area (Å²) in [5, 5.41) is 0. The van der Waals surface area contributed by atoms with Crippen molar-refractivity contribution in [3.63, 3.8) is 0 Å². The van der Waals surface area contributed by atoms with Crippen LogP contribution >= 0.6 is 0 Å².